The van der Waals surface area contributed by atoms with Gasteiger partial charge < -0.3 is 14.8 Å². The average Bonchev–Trinajstić information content (AvgIpc) is 2.42. The zero-order chi connectivity index (χ0) is 13.4. The van der Waals surface area contributed by atoms with Crippen molar-refractivity contribution in [2.45, 2.75) is 19.4 Å². The molecule has 4 heteroatoms. The SMILES string of the molecule is C=CCNC(=O)C(CC)Oc1ccccc1OC. The van der Waals surface area contributed by atoms with Crippen molar-refractivity contribution in [2.24, 2.45) is 0 Å². The molecular weight excluding hydrogens is 230 g/mol. The molecule has 1 rings (SSSR count). The van der Waals surface area contributed by atoms with Gasteiger partial charge in [0.2, 0.25) is 0 Å². The smallest absolute Gasteiger partial charge is 0.261 e. The predicted molar refractivity (Wildman–Crippen MR) is 70.9 cm³/mol. The summed E-state index contributed by atoms with van der Waals surface area (Å²) >= 11 is 0. The van der Waals surface area contributed by atoms with Gasteiger partial charge in [0.15, 0.2) is 17.6 Å². The van der Waals surface area contributed by atoms with Crippen molar-refractivity contribution in [3.63, 3.8) is 0 Å². The van der Waals surface area contributed by atoms with E-state index in [1.165, 1.54) is 0 Å². The highest BCUT2D eigenvalue weighted by molar-refractivity contribution is 5.81. The Hall–Kier alpha value is -1.97. The largest absolute Gasteiger partial charge is 0.493 e. The first-order valence-electron chi connectivity index (χ1n) is 5.91. The van der Waals surface area contributed by atoms with Crippen LogP contribution in [0.1, 0.15) is 13.3 Å². The number of methoxy groups -OCH3 is 1. The molecule has 0 bridgehead atoms. The zero-order valence-electron chi connectivity index (χ0n) is 10.8. The average molecular weight is 249 g/mol. The van der Waals surface area contributed by atoms with Crippen molar-refractivity contribution in [1.29, 1.82) is 0 Å². The molecule has 1 aromatic rings. The molecule has 18 heavy (non-hydrogen) atoms. The van der Waals surface area contributed by atoms with Crippen LogP contribution in [-0.4, -0.2) is 25.7 Å². The van der Waals surface area contributed by atoms with E-state index in [-0.39, 0.29) is 5.91 Å². The summed E-state index contributed by atoms with van der Waals surface area (Å²) in [6.07, 6.45) is 1.69. The standard InChI is InChI=1S/C14H19NO3/c1-4-10-15-14(16)11(5-2)18-13-9-7-6-8-12(13)17-3/h4,6-9,11H,1,5,10H2,2-3H3,(H,15,16). The van der Waals surface area contributed by atoms with E-state index in [1.807, 2.05) is 19.1 Å². The van der Waals surface area contributed by atoms with E-state index in [0.29, 0.717) is 24.5 Å². The third-order valence-electron chi connectivity index (χ3n) is 2.42. The molecule has 1 unspecified atom stereocenters. The molecule has 0 aliphatic carbocycles. The fourth-order valence-electron chi connectivity index (χ4n) is 1.48. The van der Waals surface area contributed by atoms with Crippen LogP contribution in [0.15, 0.2) is 36.9 Å². The summed E-state index contributed by atoms with van der Waals surface area (Å²) in [5.41, 5.74) is 0. The maximum atomic E-state index is 11.8. The highest BCUT2D eigenvalue weighted by Crippen LogP contribution is 2.27. The van der Waals surface area contributed by atoms with Gasteiger partial charge in [0, 0.05) is 6.54 Å². The van der Waals surface area contributed by atoms with E-state index in [9.17, 15) is 4.79 Å². The van der Waals surface area contributed by atoms with Crippen LogP contribution in [-0.2, 0) is 4.79 Å². The van der Waals surface area contributed by atoms with E-state index in [4.69, 9.17) is 9.47 Å². The Morgan fingerprint density at radius 2 is 2.11 bits per heavy atom. The maximum absolute atomic E-state index is 11.8. The van der Waals surface area contributed by atoms with Gasteiger partial charge in [-0.2, -0.15) is 0 Å². The van der Waals surface area contributed by atoms with Crippen molar-refractivity contribution in [1.82, 2.24) is 5.32 Å². The van der Waals surface area contributed by atoms with Gasteiger partial charge in [0.1, 0.15) is 0 Å². The maximum Gasteiger partial charge on any atom is 0.261 e. The van der Waals surface area contributed by atoms with Gasteiger partial charge in [-0.3, -0.25) is 4.79 Å². The normalized spacial score (nSPS) is 11.4. The Morgan fingerprint density at radius 1 is 1.44 bits per heavy atom. The lowest BCUT2D eigenvalue weighted by molar-refractivity contribution is -0.127. The van der Waals surface area contributed by atoms with Gasteiger partial charge in [0.05, 0.1) is 7.11 Å². The molecule has 0 saturated carbocycles. The molecule has 1 atom stereocenters. The number of nitrogens with one attached hydrogen (secondary N) is 1. The number of amides is 1. The van der Waals surface area contributed by atoms with Crippen molar-refractivity contribution >= 4 is 5.91 Å². The molecule has 0 saturated heterocycles. The minimum absolute atomic E-state index is 0.150. The molecule has 0 fully saturated rings. The van der Waals surface area contributed by atoms with Gasteiger partial charge in [-0.1, -0.05) is 25.1 Å². The highest BCUT2D eigenvalue weighted by Gasteiger charge is 2.18. The van der Waals surface area contributed by atoms with Crippen molar-refractivity contribution in [3.8, 4) is 11.5 Å². The summed E-state index contributed by atoms with van der Waals surface area (Å²) in [7, 11) is 1.57. The Labute approximate surface area is 108 Å². The summed E-state index contributed by atoms with van der Waals surface area (Å²) in [6.45, 7) is 5.89. The molecule has 0 spiro atoms. The third-order valence-corrected chi connectivity index (χ3v) is 2.42. The number of carbonyl (C=O) groups is 1. The van der Waals surface area contributed by atoms with Gasteiger partial charge >= 0.3 is 0 Å². The molecule has 4 nitrogen and oxygen atoms in total. The Bertz CT molecular complexity index is 404. The fourth-order valence-corrected chi connectivity index (χ4v) is 1.48. The molecule has 0 radical (unpaired) electrons. The fraction of sp³-hybridized carbons (Fsp3) is 0.357. The Balaban J connectivity index is 2.72. The Kier molecular flexibility index (Phi) is 5.77. The van der Waals surface area contributed by atoms with Crippen LogP contribution in [0.2, 0.25) is 0 Å². The molecule has 0 heterocycles. The third kappa shape index (κ3) is 3.80. The summed E-state index contributed by atoms with van der Waals surface area (Å²) < 4.78 is 10.9. The second-order valence-corrected chi connectivity index (χ2v) is 3.70. The number of benzene rings is 1. The quantitative estimate of drug-likeness (QED) is 0.753. The van der Waals surface area contributed by atoms with Crippen LogP contribution < -0.4 is 14.8 Å². The number of para-hydroxylation sites is 2. The van der Waals surface area contributed by atoms with Crippen LogP contribution in [0.5, 0.6) is 11.5 Å². The zero-order valence-corrected chi connectivity index (χ0v) is 10.8. The first-order chi connectivity index (χ1) is 8.72. The number of ether oxygens (including phenoxy) is 2. The molecule has 0 aliphatic heterocycles. The van der Waals surface area contributed by atoms with E-state index in [0.717, 1.165) is 0 Å². The van der Waals surface area contributed by atoms with Gasteiger partial charge in [-0.15, -0.1) is 6.58 Å². The van der Waals surface area contributed by atoms with E-state index in [1.54, 1.807) is 25.3 Å². The monoisotopic (exact) mass is 249 g/mol. The van der Waals surface area contributed by atoms with Gasteiger partial charge in [-0.25, -0.2) is 0 Å². The molecular formula is C14H19NO3. The van der Waals surface area contributed by atoms with Crippen molar-refractivity contribution in [2.75, 3.05) is 13.7 Å². The number of hydrogen-bond donors (Lipinski definition) is 1. The van der Waals surface area contributed by atoms with E-state index < -0.39 is 6.10 Å². The topological polar surface area (TPSA) is 47.6 Å². The lowest BCUT2D eigenvalue weighted by Crippen LogP contribution is -2.38. The van der Waals surface area contributed by atoms with Crippen LogP contribution in [0, 0.1) is 0 Å². The highest BCUT2D eigenvalue weighted by atomic mass is 16.5. The second-order valence-electron chi connectivity index (χ2n) is 3.70. The lowest BCUT2D eigenvalue weighted by Gasteiger charge is -2.18. The van der Waals surface area contributed by atoms with Crippen molar-refractivity contribution in [3.05, 3.63) is 36.9 Å². The summed E-state index contributed by atoms with van der Waals surface area (Å²) in [4.78, 5) is 11.8. The summed E-state index contributed by atoms with van der Waals surface area (Å²) in [6, 6.07) is 7.27. The molecule has 1 N–H and O–H groups in total. The molecule has 0 aliphatic rings. The van der Waals surface area contributed by atoms with Crippen LogP contribution in [0.3, 0.4) is 0 Å². The van der Waals surface area contributed by atoms with Crippen LogP contribution in [0.25, 0.3) is 0 Å². The molecule has 98 valence electrons. The van der Waals surface area contributed by atoms with Gasteiger partial charge in [0.25, 0.3) is 5.91 Å². The van der Waals surface area contributed by atoms with Gasteiger partial charge in [-0.05, 0) is 18.6 Å². The Morgan fingerprint density at radius 3 is 2.67 bits per heavy atom. The van der Waals surface area contributed by atoms with E-state index >= 15 is 0 Å². The summed E-state index contributed by atoms with van der Waals surface area (Å²) in [5, 5.41) is 2.72. The van der Waals surface area contributed by atoms with E-state index in [2.05, 4.69) is 11.9 Å². The van der Waals surface area contributed by atoms with Crippen LogP contribution >= 0.6 is 0 Å². The summed E-state index contributed by atoms with van der Waals surface area (Å²) in [5.74, 6) is 1.04. The predicted octanol–water partition coefficient (Wildman–Crippen LogP) is 2.15. The molecule has 1 aromatic carbocycles. The molecule has 0 aromatic heterocycles. The second kappa shape index (κ2) is 7.37. The first-order valence-corrected chi connectivity index (χ1v) is 5.91. The number of rotatable bonds is 7. The van der Waals surface area contributed by atoms with Crippen molar-refractivity contribution < 1.29 is 14.3 Å². The lowest BCUT2D eigenvalue weighted by atomic mass is 10.2. The number of hydrogen-bond acceptors (Lipinski definition) is 3. The minimum atomic E-state index is -0.527. The number of carbonyl (C=O) groups excluding carboxylic acids is 1. The van der Waals surface area contributed by atoms with Crippen LogP contribution in [0.4, 0.5) is 0 Å². The first kappa shape index (κ1) is 14.1. The minimum Gasteiger partial charge on any atom is -0.493 e. The molecule has 1 amide bonds.